The lowest BCUT2D eigenvalue weighted by Gasteiger charge is -2.15. The summed E-state index contributed by atoms with van der Waals surface area (Å²) in [7, 11) is 1.86. The molecule has 0 aliphatic carbocycles. The van der Waals surface area contributed by atoms with E-state index in [1.807, 2.05) is 35.9 Å². The number of hydrogen-bond donors (Lipinski definition) is 1. The largest absolute Gasteiger partial charge is 0.398 e. The normalized spacial score (nSPS) is 12.3. The van der Waals surface area contributed by atoms with Gasteiger partial charge in [-0.25, -0.2) is 4.39 Å². The van der Waals surface area contributed by atoms with E-state index in [0.717, 1.165) is 10.9 Å². The van der Waals surface area contributed by atoms with Gasteiger partial charge in [0.05, 0.1) is 11.2 Å². The molecular weight excluding hydrogens is 191 g/mol. The molecule has 0 spiro atoms. The molecule has 3 heteroatoms. The number of aromatic nitrogens is 1. The third-order valence-corrected chi connectivity index (χ3v) is 2.73. The second-order valence-corrected chi connectivity index (χ2v) is 4.34. The van der Waals surface area contributed by atoms with E-state index in [2.05, 4.69) is 0 Å². The van der Waals surface area contributed by atoms with Crippen LogP contribution >= 0.6 is 0 Å². The van der Waals surface area contributed by atoms with Crippen LogP contribution in [-0.2, 0) is 12.7 Å². The Labute approximate surface area is 88.5 Å². The quantitative estimate of drug-likeness (QED) is 0.714. The zero-order valence-corrected chi connectivity index (χ0v) is 9.21. The van der Waals surface area contributed by atoms with Crippen molar-refractivity contribution in [2.24, 2.45) is 7.05 Å². The topological polar surface area (TPSA) is 30.9 Å². The molecule has 1 aromatic carbocycles. The lowest BCUT2D eigenvalue weighted by atomic mass is 10.1. The number of nitrogen functional groups attached to an aromatic ring is 1. The molecule has 80 valence electrons. The second-order valence-electron chi connectivity index (χ2n) is 4.34. The summed E-state index contributed by atoms with van der Waals surface area (Å²) in [6.45, 7) is 3.11. The average Bonchev–Trinajstić information content (AvgIpc) is 2.45. The Hall–Kier alpha value is -1.51. The number of rotatable bonds is 1. The SMILES string of the molecule is Cn1c(C(C)(C)F)cc2c(N)cccc21. The molecular formula is C12H15FN2. The van der Waals surface area contributed by atoms with Gasteiger partial charge < -0.3 is 10.3 Å². The highest BCUT2D eigenvalue weighted by molar-refractivity contribution is 5.92. The first kappa shape index (κ1) is 10.0. The van der Waals surface area contributed by atoms with Crippen molar-refractivity contribution < 1.29 is 4.39 Å². The summed E-state index contributed by atoms with van der Waals surface area (Å²) in [6.07, 6.45) is 0. The number of fused-ring (bicyclic) bond motifs is 1. The summed E-state index contributed by atoms with van der Waals surface area (Å²) < 4.78 is 15.7. The summed E-state index contributed by atoms with van der Waals surface area (Å²) in [6, 6.07) is 7.48. The van der Waals surface area contributed by atoms with Crippen molar-refractivity contribution in [2.45, 2.75) is 19.5 Å². The van der Waals surface area contributed by atoms with Crippen molar-refractivity contribution in [3.05, 3.63) is 30.0 Å². The van der Waals surface area contributed by atoms with Crippen LogP contribution in [0.15, 0.2) is 24.3 Å². The average molecular weight is 206 g/mol. The Bertz CT molecular complexity index is 506. The van der Waals surface area contributed by atoms with Gasteiger partial charge >= 0.3 is 0 Å². The van der Waals surface area contributed by atoms with Crippen LogP contribution in [0.2, 0.25) is 0 Å². The van der Waals surface area contributed by atoms with E-state index in [9.17, 15) is 4.39 Å². The maximum atomic E-state index is 13.9. The van der Waals surface area contributed by atoms with E-state index < -0.39 is 5.67 Å². The van der Waals surface area contributed by atoms with Crippen molar-refractivity contribution in [1.29, 1.82) is 0 Å². The fourth-order valence-electron chi connectivity index (χ4n) is 1.95. The number of nitrogens with zero attached hydrogens (tertiary/aromatic N) is 1. The van der Waals surface area contributed by atoms with Crippen LogP contribution in [0.3, 0.4) is 0 Å². The second kappa shape index (κ2) is 2.99. The molecule has 0 atom stereocenters. The molecule has 0 bridgehead atoms. The molecule has 0 fully saturated rings. The predicted molar refractivity (Wildman–Crippen MR) is 61.5 cm³/mol. The van der Waals surface area contributed by atoms with E-state index in [1.54, 1.807) is 13.8 Å². The highest BCUT2D eigenvalue weighted by atomic mass is 19.1. The van der Waals surface area contributed by atoms with Crippen molar-refractivity contribution in [3.63, 3.8) is 0 Å². The molecule has 0 saturated carbocycles. The third kappa shape index (κ3) is 1.48. The van der Waals surface area contributed by atoms with Crippen LogP contribution in [0.5, 0.6) is 0 Å². The molecule has 0 saturated heterocycles. The Kier molecular flexibility index (Phi) is 2.00. The number of anilines is 1. The monoisotopic (exact) mass is 206 g/mol. The van der Waals surface area contributed by atoms with Gasteiger partial charge in [0.15, 0.2) is 0 Å². The molecule has 0 unspecified atom stereocenters. The number of aryl methyl sites for hydroxylation is 1. The van der Waals surface area contributed by atoms with E-state index in [0.29, 0.717) is 11.4 Å². The Morgan fingerprint density at radius 2 is 2.00 bits per heavy atom. The predicted octanol–water partition coefficient (Wildman–Crippen LogP) is 2.97. The Balaban J connectivity index is 2.81. The summed E-state index contributed by atoms with van der Waals surface area (Å²) >= 11 is 0. The summed E-state index contributed by atoms with van der Waals surface area (Å²) in [5.41, 5.74) is 6.81. The first-order chi connectivity index (χ1) is 6.91. The first-order valence-corrected chi connectivity index (χ1v) is 4.94. The zero-order chi connectivity index (χ0) is 11.2. The van der Waals surface area contributed by atoms with Gasteiger partial charge in [0.2, 0.25) is 0 Å². The minimum Gasteiger partial charge on any atom is -0.398 e. The number of alkyl halides is 1. The number of halogens is 1. The first-order valence-electron chi connectivity index (χ1n) is 4.94. The maximum Gasteiger partial charge on any atom is 0.145 e. The molecule has 0 aliphatic rings. The smallest absolute Gasteiger partial charge is 0.145 e. The van der Waals surface area contributed by atoms with Gasteiger partial charge in [0.1, 0.15) is 5.67 Å². The van der Waals surface area contributed by atoms with Gasteiger partial charge in [0, 0.05) is 18.1 Å². The van der Waals surface area contributed by atoms with Crippen LogP contribution in [0.25, 0.3) is 10.9 Å². The molecule has 2 N–H and O–H groups in total. The van der Waals surface area contributed by atoms with E-state index >= 15 is 0 Å². The van der Waals surface area contributed by atoms with Crippen LogP contribution in [0.1, 0.15) is 19.5 Å². The van der Waals surface area contributed by atoms with Gasteiger partial charge in [-0.1, -0.05) is 6.07 Å². The lowest BCUT2D eigenvalue weighted by molar-refractivity contribution is 0.209. The van der Waals surface area contributed by atoms with Gasteiger partial charge in [-0.3, -0.25) is 0 Å². The third-order valence-electron chi connectivity index (χ3n) is 2.73. The van der Waals surface area contributed by atoms with Crippen LogP contribution in [0, 0.1) is 0 Å². The number of hydrogen-bond acceptors (Lipinski definition) is 1. The maximum absolute atomic E-state index is 13.9. The van der Waals surface area contributed by atoms with E-state index in [1.165, 1.54) is 0 Å². The van der Waals surface area contributed by atoms with Gasteiger partial charge in [-0.15, -0.1) is 0 Å². The van der Waals surface area contributed by atoms with Gasteiger partial charge in [-0.2, -0.15) is 0 Å². The summed E-state index contributed by atoms with van der Waals surface area (Å²) in [5, 5.41) is 0.917. The highest BCUT2D eigenvalue weighted by Gasteiger charge is 2.23. The van der Waals surface area contributed by atoms with Crippen LogP contribution < -0.4 is 5.73 Å². The zero-order valence-electron chi connectivity index (χ0n) is 9.21. The highest BCUT2D eigenvalue weighted by Crippen LogP contribution is 2.32. The molecule has 1 heterocycles. The fourth-order valence-corrected chi connectivity index (χ4v) is 1.95. The van der Waals surface area contributed by atoms with Crippen molar-refractivity contribution in [3.8, 4) is 0 Å². The molecule has 2 aromatic rings. The molecule has 0 radical (unpaired) electrons. The molecule has 0 aliphatic heterocycles. The fraction of sp³-hybridized carbons (Fsp3) is 0.333. The molecule has 0 amide bonds. The minimum atomic E-state index is -1.35. The molecule has 2 rings (SSSR count). The van der Waals surface area contributed by atoms with Crippen LogP contribution in [0.4, 0.5) is 10.1 Å². The minimum absolute atomic E-state index is 0.649. The van der Waals surface area contributed by atoms with Gasteiger partial charge in [0.25, 0.3) is 0 Å². The van der Waals surface area contributed by atoms with Crippen molar-refractivity contribution in [2.75, 3.05) is 5.73 Å². The van der Waals surface area contributed by atoms with E-state index in [-0.39, 0.29) is 0 Å². The molecule has 2 nitrogen and oxygen atoms in total. The standard InChI is InChI=1S/C12H15FN2/c1-12(2,13)11-7-8-9(14)5-4-6-10(8)15(11)3/h4-7H,14H2,1-3H3. The summed E-state index contributed by atoms with van der Waals surface area (Å²) in [4.78, 5) is 0. The molecule has 1 aromatic heterocycles. The van der Waals surface area contributed by atoms with Gasteiger partial charge in [-0.05, 0) is 32.0 Å². The van der Waals surface area contributed by atoms with Crippen molar-refractivity contribution in [1.82, 2.24) is 4.57 Å². The molecule has 15 heavy (non-hydrogen) atoms. The Morgan fingerprint density at radius 1 is 1.33 bits per heavy atom. The summed E-state index contributed by atoms with van der Waals surface area (Å²) in [5.74, 6) is 0. The number of benzene rings is 1. The number of nitrogens with two attached hydrogens (primary N) is 1. The van der Waals surface area contributed by atoms with Crippen LogP contribution in [-0.4, -0.2) is 4.57 Å². The lowest BCUT2D eigenvalue weighted by Crippen LogP contribution is -2.13. The van der Waals surface area contributed by atoms with E-state index in [4.69, 9.17) is 5.73 Å². The Morgan fingerprint density at radius 3 is 2.53 bits per heavy atom. The van der Waals surface area contributed by atoms with Crippen molar-refractivity contribution >= 4 is 16.6 Å².